The number of aryl methyl sites for hydroxylation is 1. The standard InChI is InChI=1S/C23H23N3O4S/c1-3-30-19(27)11-7-10-16-12-24-22-17(13-25-26(22)23(16)28)21-20(29-2)18(14-31-21)15-8-5-4-6-9-15/h4-6,8-9,12-14,28H,3,7,10-11H2,1-2H3. The number of carbonyl (C=O) groups is 1. The number of aromatic hydroxyl groups is 1. The highest BCUT2D eigenvalue weighted by Crippen LogP contribution is 2.45. The van der Waals surface area contributed by atoms with Gasteiger partial charge in [-0.1, -0.05) is 30.3 Å². The summed E-state index contributed by atoms with van der Waals surface area (Å²) in [7, 11) is 1.65. The normalized spacial score (nSPS) is 11.0. The van der Waals surface area contributed by atoms with Crippen molar-refractivity contribution in [3.8, 4) is 33.2 Å². The summed E-state index contributed by atoms with van der Waals surface area (Å²) in [6, 6.07) is 10.0. The van der Waals surface area contributed by atoms with E-state index < -0.39 is 0 Å². The number of carbonyl (C=O) groups excluding carboxylic acids is 1. The molecule has 0 atom stereocenters. The fraction of sp³-hybridized carbons (Fsp3) is 0.261. The van der Waals surface area contributed by atoms with E-state index in [0.29, 0.717) is 37.1 Å². The van der Waals surface area contributed by atoms with E-state index in [4.69, 9.17) is 9.47 Å². The van der Waals surface area contributed by atoms with E-state index in [0.717, 1.165) is 27.3 Å². The van der Waals surface area contributed by atoms with Crippen molar-refractivity contribution in [2.75, 3.05) is 13.7 Å². The first-order chi connectivity index (χ1) is 15.1. The van der Waals surface area contributed by atoms with Crippen LogP contribution in [0.15, 0.2) is 48.1 Å². The highest BCUT2D eigenvalue weighted by molar-refractivity contribution is 7.14. The number of methoxy groups -OCH3 is 1. The maximum atomic E-state index is 11.5. The van der Waals surface area contributed by atoms with Gasteiger partial charge in [0.2, 0.25) is 5.88 Å². The van der Waals surface area contributed by atoms with Gasteiger partial charge in [0.05, 0.1) is 30.4 Å². The van der Waals surface area contributed by atoms with Gasteiger partial charge in [-0.05, 0) is 25.3 Å². The molecule has 1 aromatic carbocycles. The Balaban J connectivity index is 1.64. The number of nitrogens with zero attached hydrogens (tertiary/aromatic N) is 3. The Kier molecular flexibility index (Phi) is 6.18. The first-order valence-corrected chi connectivity index (χ1v) is 10.9. The van der Waals surface area contributed by atoms with Crippen LogP contribution in [0.4, 0.5) is 0 Å². The van der Waals surface area contributed by atoms with Crippen molar-refractivity contribution in [3.63, 3.8) is 0 Å². The van der Waals surface area contributed by atoms with Gasteiger partial charge in [-0.15, -0.1) is 11.3 Å². The quantitative estimate of drug-likeness (QED) is 0.401. The molecule has 3 heterocycles. The van der Waals surface area contributed by atoms with Gasteiger partial charge in [0.25, 0.3) is 0 Å². The molecule has 0 fully saturated rings. The number of thiophene rings is 1. The minimum absolute atomic E-state index is 0.0268. The molecule has 0 saturated heterocycles. The predicted molar refractivity (Wildman–Crippen MR) is 120 cm³/mol. The molecule has 1 N–H and O–H groups in total. The average Bonchev–Trinajstić information content (AvgIpc) is 3.40. The van der Waals surface area contributed by atoms with Crippen LogP contribution in [0, 0.1) is 0 Å². The number of benzene rings is 1. The smallest absolute Gasteiger partial charge is 0.305 e. The number of hydrogen-bond donors (Lipinski definition) is 1. The molecule has 7 nitrogen and oxygen atoms in total. The van der Waals surface area contributed by atoms with Gasteiger partial charge < -0.3 is 14.6 Å². The fourth-order valence-electron chi connectivity index (χ4n) is 3.50. The Hall–Kier alpha value is -3.39. The molecule has 8 heteroatoms. The second-order valence-corrected chi connectivity index (χ2v) is 7.82. The number of hydrogen-bond acceptors (Lipinski definition) is 7. The molecule has 3 aromatic heterocycles. The SMILES string of the molecule is CCOC(=O)CCCc1cnc2c(-c3scc(-c4ccccc4)c3OC)cnn2c1O. The molecule has 0 saturated carbocycles. The molecule has 0 aliphatic carbocycles. The van der Waals surface area contributed by atoms with Crippen LogP contribution in [0.5, 0.6) is 11.6 Å². The van der Waals surface area contributed by atoms with Crippen LogP contribution in [0.2, 0.25) is 0 Å². The lowest BCUT2D eigenvalue weighted by molar-refractivity contribution is -0.143. The van der Waals surface area contributed by atoms with Crippen molar-refractivity contribution in [2.45, 2.75) is 26.2 Å². The van der Waals surface area contributed by atoms with Crippen molar-refractivity contribution < 1.29 is 19.4 Å². The second kappa shape index (κ2) is 9.18. The highest BCUT2D eigenvalue weighted by atomic mass is 32.1. The predicted octanol–water partition coefficient (Wildman–Crippen LogP) is 4.72. The molecule has 0 bridgehead atoms. The molecule has 4 aromatic rings. The summed E-state index contributed by atoms with van der Waals surface area (Å²) in [6.07, 6.45) is 4.69. The molecular weight excluding hydrogens is 414 g/mol. The molecular formula is C23H23N3O4S. The number of rotatable bonds is 8. The molecule has 4 rings (SSSR count). The highest BCUT2D eigenvalue weighted by Gasteiger charge is 2.21. The van der Waals surface area contributed by atoms with Gasteiger partial charge in [-0.3, -0.25) is 4.79 Å². The van der Waals surface area contributed by atoms with Crippen LogP contribution < -0.4 is 4.74 Å². The van der Waals surface area contributed by atoms with E-state index in [1.165, 1.54) is 4.52 Å². The van der Waals surface area contributed by atoms with Crippen molar-refractivity contribution in [2.24, 2.45) is 0 Å². The van der Waals surface area contributed by atoms with E-state index in [2.05, 4.69) is 15.5 Å². The number of fused-ring (bicyclic) bond motifs is 1. The molecule has 0 unspecified atom stereocenters. The fourth-order valence-corrected chi connectivity index (χ4v) is 4.55. The van der Waals surface area contributed by atoms with E-state index in [-0.39, 0.29) is 11.8 Å². The van der Waals surface area contributed by atoms with E-state index in [9.17, 15) is 9.90 Å². The molecule has 0 radical (unpaired) electrons. The van der Waals surface area contributed by atoms with Crippen LogP contribution in [-0.4, -0.2) is 39.4 Å². The maximum absolute atomic E-state index is 11.5. The molecule has 0 aliphatic heterocycles. The Bertz CT molecular complexity index is 1200. The van der Waals surface area contributed by atoms with Crippen LogP contribution >= 0.6 is 11.3 Å². The Morgan fingerprint density at radius 2 is 2.00 bits per heavy atom. The summed E-state index contributed by atoms with van der Waals surface area (Å²) >= 11 is 1.55. The second-order valence-electron chi connectivity index (χ2n) is 6.94. The molecule has 0 amide bonds. The molecule has 160 valence electrons. The largest absolute Gasteiger partial charge is 0.495 e. The third-order valence-corrected chi connectivity index (χ3v) is 5.98. The lowest BCUT2D eigenvalue weighted by atomic mass is 10.1. The van der Waals surface area contributed by atoms with Crippen molar-refractivity contribution in [1.29, 1.82) is 0 Å². The Morgan fingerprint density at radius 3 is 2.74 bits per heavy atom. The molecule has 31 heavy (non-hydrogen) atoms. The monoisotopic (exact) mass is 437 g/mol. The minimum Gasteiger partial charge on any atom is -0.495 e. The third-order valence-electron chi connectivity index (χ3n) is 4.99. The van der Waals surface area contributed by atoms with Gasteiger partial charge in [-0.2, -0.15) is 9.61 Å². The van der Waals surface area contributed by atoms with Crippen LogP contribution in [-0.2, 0) is 16.0 Å². The lowest BCUT2D eigenvalue weighted by Crippen LogP contribution is -2.04. The first-order valence-electron chi connectivity index (χ1n) is 10.1. The zero-order valence-electron chi connectivity index (χ0n) is 17.4. The van der Waals surface area contributed by atoms with Gasteiger partial charge in [0.15, 0.2) is 5.65 Å². The summed E-state index contributed by atoms with van der Waals surface area (Å²) in [5.74, 6) is 0.543. The third kappa shape index (κ3) is 4.11. The average molecular weight is 438 g/mol. The van der Waals surface area contributed by atoms with Gasteiger partial charge >= 0.3 is 5.97 Å². The van der Waals surface area contributed by atoms with Crippen LogP contribution in [0.25, 0.3) is 27.2 Å². The zero-order valence-corrected chi connectivity index (χ0v) is 18.2. The Morgan fingerprint density at radius 1 is 1.19 bits per heavy atom. The summed E-state index contributed by atoms with van der Waals surface area (Å²) in [4.78, 5) is 17.0. The van der Waals surface area contributed by atoms with Crippen LogP contribution in [0.3, 0.4) is 0 Å². The summed E-state index contributed by atoms with van der Waals surface area (Å²) in [5.41, 5.74) is 4.04. The van der Waals surface area contributed by atoms with Gasteiger partial charge in [0.1, 0.15) is 5.75 Å². The van der Waals surface area contributed by atoms with E-state index in [1.807, 2.05) is 30.3 Å². The first kappa shape index (κ1) is 20.9. The number of esters is 1. The summed E-state index contributed by atoms with van der Waals surface area (Å²) in [5, 5.41) is 17.1. The lowest BCUT2D eigenvalue weighted by Gasteiger charge is -2.07. The van der Waals surface area contributed by atoms with Gasteiger partial charge in [0, 0.05) is 29.1 Å². The van der Waals surface area contributed by atoms with Crippen molar-refractivity contribution in [3.05, 3.63) is 53.7 Å². The maximum Gasteiger partial charge on any atom is 0.305 e. The van der Waals surface area contributed by atoms with E-state index in [1.54, 1.807) is 37.8 Å². The van der Waals surface area contributed by atoms with Gasteiger partial charge in [-0.25, -0.2) is 4.98 Å². The van der Waals surface area contributed by atoms with Crippen molar-refractivity contribution in [1.82, 2.24) is 14.6 Å². The molecule has 0 spiro atoms. The van der Waals surface area contributed by atoms with Crippen molar-refractivity contribution >= 4 is 23.0 Å². The number of ether oxygens (including phenoxy) is 2. The summed E-state index contributed by atoms with van der Waals surface area (Å²) in [6.45, 7) is 2.15. The molecule has 0 aliphatic rings. The topological polar surface area (TPSA) is 86.0 Å². The minimum atomic E-state index is -0.239. The van der Waals surface area contributed by atoms with Crippen LogP contribution in [0.1, 0.15) is 25.3 Å². The number of aromatic nitrogens is 3. The van der Waals surface area contributed by atoms with E-state index >= 15 is 0 Å². The zero-order chi connectivity index (χ0) is 21.8. The summed E-state index contributed by atoms with van der Waals surface area (Å²) < 4.78 is 12.1. The Labute approximate surface area is 183 Å².